The van der Waals surface area contributed by atoms with Crippen LogP contribution in [-0.2, 0) is 9.59 Å². The number of nitrogens with one attached hydrogen (secondary N) is 1. The van der Waals surface area contributed by atoms with Crippen molar-refractivity contribution in [3.63, 3.8) is 0 Å². The van der Waals surface area contributed by atoms with Crippen LogP contribution in [0.4, 0.5) is 0 Å². The van der Waals surface area contributed by atoms with E-state index in [1.54, 1.807) is 0 Å². The second-order valence-electron chi connectivity index (χ2n) is 4.13. The first-order valence-electron chi connectivity index (χ1n) is 5.45. The molecule has 1 saturated carbocycles. The molecule has 1 unspecified atom stereocenters. The van der Waals surface area contributed by atoms with Gasteiger partial charge < -0.3 is 5.32 Å². The topological polar surface area (TPSA) is 46.2 Å². The molecule has 80 valence electrons. The van der Waals surface area contributed by atoms with Crippen molar-refractivity contribution in [2.75, 3.05) is 0 Å². The van der Waals surface area contributed by atoms with Crippen LogP contribution >= 0.6 is 0 Å². The average Bonchev–Trinajstić information content (AvgIpc) is 2.20. The van der Waals surface area contributed by atoms with Gasteiger partial charge in [-0.05, 0) is 19.3 Å². The summed E-state index contributed by atoms with van der Waals surface area (Å²) in [5, 5.41) is 3.00. The molecular formula is C11H19NO2. The summed E-state index contributed by atoms with van der Waals surface area (Å²) in [6.45, 7) is 3.94. The molecule has 1 amide bonds. The fraction of sp³-hybridized carbons (Fsp3) is 0.818. The van der Waals surface area contributed by atoms with E-state index in [9.17, 15) is 9.59 Å². The summed E-state index contributed by atoms with van der Waals surface area (Å²) in [5.74, 6) is 0.554. The Morgan fingerprint density at radius 2 is 2.07 bits per heavy atom. The molecule has 0 bridgehead atoms. The standard InChI is InChI=1S/C11H19NO2/c1-3-8(2)11(14)12-9-4-6-10(13)7-5-9/h8-9H,3-7H2,1-2H3,(H,12,14). The zero-order chi connectivity index (χ0) is 10.6. The largest absolute Gasteiger partial charge is 0.353 e. The average molecular weight is 197 g/mol. The Bertz CT molecular complexity index is 215. The molecule has 0 radical (unpaired) electrons. The van der Waals surface area contributed by atoms with Crippen molar-refractivity contribution in [3.8, 4) is 0 Å². The van der Waals surface area contributed by atoms with E-state index in [1.807, 2.05) is 13.8 Å². The highest BCUT2D eigenvalue weighted by Gasteiger charge is 2.21. The zero-order valence-corrected chi connectivity index (χ0v) is 9.01. The molecule has 0 heterocycles. The molecular weight excluding hydrogens is 178 g/mol. The molecule has 0 aromatic rings. The van der Waals surface area contributed by atoms with Gasteiger partial charge in [0, 0.05) is 24.8 Å². The Balaban J connectivity index is 2.30. The van der Waals surface area contributed by atoms with Crippen LogP contribution in [0.5, 0.6) is 0 Å². The molecule has 3 nitrogen and oxygen atoms in total. The monoisotopic (exact) mass is 197 g/mol. The van der Waals surface area contributed by atoms with Gasteiger partial charge >= 0.3 is 0 Å². The predicted molar refractivity (Wildman–Crippen MR) is 54.9 cm³/mol. The van der Waals surface area contributed by atoms with Crippen LogP contribution in [-0.4, -0.2) is 17.7 Å². The van der Waals surface area contributed by atoms with Crippen LogP contribution in [0, 0.1) is 5.92 Å². The number of carbonyl (C=O) groups is 2. The first kappa shape index (κ1) is 11.2. The quantitative estimate of drug-likeness (QED) is 0.748. The van der Waals surface area contributed by atoms with Gasteiger partial charge in [0.05, 0.1) is 0 Å². The molecule has 0 spiro atoms. The van der Waals surface area contributed by atoms with E-state index in [0.717, 1.165) is 19.3 Å². The number of amides is 1. The Kier molecular flexibility index (Phi) is 4.11. The number of carbonyl (C=O) groups excluding carboxylic acids is 2. The number of hydrogen-bond acceptors (Lipinski definition) is 2. The fourth-order valence-electron chi connectivity index (χ4n) is 1.61. The lowest BCUT2D eigenvalue weighted by Crippen LogP contribution is -2.40. The molecule has 0 aromatic carbocycles. The van der Waals surface area contributed by atoms with Crippen molar-refractivity contribution >= 4 is 11.7 Å². The van der Waals surface area contributed by atoms with Crippen LogP contribution in [0.2, 0.25) is 0 Å². The minimum absolute atomic E-state index is 0.0904. The van der Waals surface area contributed by atoms with E-state index >= 15 is 0 Å². The number of rotatable bonds is 3. The Hall–Kier alpha value is -0.860. The Morgan fingerprint density at radius 1 is 1.50 bits per heavy atom. The van der Waals surface area contributed by atoms with E-state index in [2.05, 4.69) is 5.32 Å². The van der Waals surface area contributed by atoms with Gasteiger partial charge in [-0.25, -0.2) is 0 Å². The van der Waals surface area contributed by atoms with Crippen LogP contribution in [0.3, 0.4) is 0 Å². The SMILES string of the molecule is CCC(C)C(=O)NC1CCC(=O)CC1. The molecule has 14 heavy (non-hydrogen) atoms. The third-order valence-electron chi connectivity index (χ3n) is 2.95. The highest BCUT2D eigenvalue weighted by Crippen LogP contribution is 2.15. The summed E-state index contributed by atoms with van der Waals surface area (Å²) >= 11 is 0. The number of hydrogen-bond donors (Lipinski definition) is 1. The van der Waals surface area contributed by atoms with E-state index < -0.39 is 0 Å². The Labute approximate surface area is 85.3 Å². The normalized spacial score (nSPS) is 20.6. The summed E-state index contributed by atoms with van der Waals surface area (Å²) in [6.07, 6.45) is 3.77. The van der Waals surface area contributed by atoms with Crippen molar-refractivity contribution in [2.24, 2.45) is 5.92 Å². The van der Waals surface area contributed by atoms with E-state index in [4.69, 9.17) is 0 Å². The van der Waals surface area contributed by atoms with Gasteiger partial charge in [0.2, 0.25) is 5.91 Å². The fourth-order valence-corrected chi connectivity index (χ4v) is 1.61. The maximum Gasteiger partial charge on any atom is 0.223 e. The predicted octanol–water partition coefficient (Wildman–Crippen LogP) is 1.66. The maximum atomic E-state index is 11.5. The lowest BCUT2D eigenvalue weighted by atomic mass is 9.94. The van der Waals surface area contributed by atoms with E-state index in [1.165, 1.54) is 0 Å². The van der Waals surface area contributed by atoms with Gasteiger partial charge in [0.25, 0.3) is 0 Å². The lowest BCUT2D eigenvalue weighted by Gasteiger charge is -2.23. The van der Waals surface area contributed by atoms with Gasteiger partial charge in [-0.3, -0.25) is 9.59 Å². The van der Waals surface area contributed by atoms with Gasteiger partial charge in [-0.1, -0.05) is 13.8 Å². The summed E-state index contributed by atoms with van der Waals surface area (Å²) in [5.41, 5.74) is 0. The first-order chi connectivity index (χ1) is 6.63. The molecule has 1 aliphatic carbocycles. The van der Waals surface area contributed by atoms with Crippen molar-refractivity contribution in [3.05, 3.63) is 0 Å². The van der Waals surface area contributed by atoms with Crippen LogP contribution in [0.25, 0.3) is 0 Å². The van der Waals surface area contributed by atoms with Crippen LogP contribution < -0.4 is 5.32 Å². The van der Waals surface area contributed by atoms with E-state index in [-0.39, 0.29) is 17.9 Å². The number of Topliss-reactive ketones (excluding diaryl/α,β-unsaturated/α-hetero) is 1. The third-order valence-corrected chi connectivity index (χ3v) is 2.95. The summed E-state index contributed by atoms with van der Waals surface area (Å²) < 4.78 is 0. The van der Waals surface area contributed by atoms with Gasteiger partial charge in [-0.15, -0.1) is 0 Å². The van der Waals surface area contributed by atoms with Crippen molar-refractivity contribution < 1.29 is 9.59 Å². The smallest absolute Gasteiger partial charge is 0.223 e. The van der Waals surface area contributed by atoms with Crippen LogP contribution in [0.1, 0.15) is 46.0 Å². The van der Waals surface area contributed by atoms with Crippen molar-refractivity contribution in [1.29, 1.82) is 0 Å². The maximum absolute atomic E-state index is 11.5. The highest BCUT2D eigenvalue weighted by atomic mass is 16.2. The van der Waals surface area contributed by atoms with Crippen LogP contribution in [0.15, 0.2) is 0 Å². The molecule has 3 heteroatoms. The molecule has 1 atom stereocenters. The molecule has 1 fully saturated rings. The highest BCUT2D eigenvalue weighted by molar-refractivity contribution is 5.81. The molecule has 0 aromatic heterocycles. The third kappa shape index (κ3) is 3.13. The summed E-state index contributed by atoms with van der Waals surface area (Å²) in [7, 11) is 0. The minimum Gasteiger partial charge on any atom is -0.353 e. The van der Waals surface area contributed by atoms with Gasteiger partial charge in [0.15, 0.2) is 0 Å². The lowest BCUT2D eigenvalue weighted by molar-refractivity contribution is -0.127. The van der Waals surface area contributed by atoms with E-state index in [0.29, 0.717) is 18.6 Å². The molecule has 0 saturated heterocycles. The summed E-state index contributed by atoms with van der Waals surface area (Å²) in [4.78, 5) is 22.5. The second kappa shape index (κ2) is 5.13. The molecule has 1 N–H and O–H groups in total. The number of ketones is 1. The van der Waals surface area contributed by atoms with Gasteiger partial charge in [-0.2, -0.15) is 0 Å². The summed E-state index contributed by atoms with van der Waals surface area (Å²) in [6, 6.07) is 0.231. The molecule has 1 aliphatic rings. The molecule has 0 aliphatic heterocycles. The van der Waals surface area contributed by atoms with Crippen molar-refractivity contribution in [2.45, 2.75) is 52.0 Å². The Morgan fingerprint density at radius 3 is 2.57 bits per heavy atom. The van der Waals surface area contributed by atoms with Gasteiger partial charge in [0.1, 0.15) is 5.78 Å². The van der Waals surface area contributed by atoms with Crippen molar-refractivity contribution in [1.82, 2.24) is 5.32 Å². The second-order valence-corrected chi connectivity index (χ2v) is 4.13. The minimum atomic E-state index is 0.0904. The molecule has 1 rings (SSSR count). The zero-order valence-electron chi connectivity index (χ0n) is 9.01. The first-order valence-corrected chi connectivity index (χ1v) is 5.45.